The minimum atomic E-state index is -3.72. The SMILES string of the molecule is CN(C)S(=O)(=O)c1ccc(Cl)c(C(=O)N[C@@H](Cc2ccccc2)c2nc3ccccc3[nH]2)c1. The second-order valence-corrected chi connectivity index (χ2v) is 10.3. The zero-order valence-corrected chi connectivity index (χ0v) is 19.7. The molecule has 4 aromatic rings. The van der Waals surface area contributed by atoms with Gasteiger partial charge in [0.2, 0.25) is 10.0 Å². The largest absolute Gasteiger partial charge is 0.342 e. The zero-order valence-electron chi connectivity index (χ0n) is 18.1. The van der Waals surface area contributed by atoms with Crippen LogP contribution < -0.4 is 5.32 Å². The maximum atomic E-state index is 13.3. The highest BCUT2D eigenvalue weighted by atomic mass is 35.5. The number of H-pyrrole nitrogens is 1. The van der Waals surface area contributed by atoms with Gasteiger partial charge in [-0.15, -0.1) is 0 Å². The molecular weight excluding hydrogens is 460 g/mol. The third-order valence-corrected chi connectivity index (χ3v) is 7.43. The van der Waals surface area contributed by atoms with Crippen molar-refractivity contribution in [3.63, 3.8) is 0 Å². The third kappa shape index (κ3) is 4.93. The molecule has 0 aliphatic rings. The molecule has 0 aliphatic heterocycles. The van der Waals surface area contributed by atoms with Gasteiger partial charge in [-0.3, -0.25) is 4.79 Å². The van der Waals surface area contributed by atoms with Gasteiger partial charge in [-0.05, 0) is 42.3 Å². The van der Waals surface area contributed by atoms with Gasteiger partial charge in [0.1, 0.15) is 5.82 Å². The number of carbonyl (C=O) groups excluding carboxylic acids is 1. The number of hydrogen-bond donors (Lipinski definition) is 2. The fourth-order valence-electron chi connectivity index (χ4n) is 3.49. The van der Waals surface area contributed by atoms with Crippen LogP contribution in [0.3, 0.4) is 0 Å². The van der Waals surface area contributed by atoms with Crippen LogP contribution in [0.5, 0.6) is 0 Å². The Bertz CT molecular complexity index is 1370. The lowest BCUT2D eigenvalue weighted by Crippen LogP contribution is -2.31. The van der Waals surface area contributed by atoms with Crippen LogP contribution in [0.2, 0.25) is 5.02 Å². The van der Waals surface area contributed by atoms with E-state index in [4.69, 9.17) is 11.6 Å². The highest BCUT2D eigenvalue weighted by Crippen LogP contribution is 2.25. The molecule has 170 valence electrons. The average Bonchev–Trinajstić information content (AvgIpc) is 3.23. The van der Waals surface area contributed by atoms with Gasteiger partial charge in [-0.1, -0.05) is 54.1 Å². The Morgan fingerprint density at radius 3 is 2.45 bits per heavy atom. The van der Waals surface area contributed by atoms with E-state index in [1.165, 1.54) is 32.3 Å². The van der Waals surface area contributed by atoms with Crippen molar-refractivity contribution in [3.8, 4) is 0 Å². The predicted octanol–water partition coefficient (Wildman–Crippen LogP) is 4.18. The van der Waals surface area contributed by atoms with Gasteiger partial charge >= 0.3 is 0 Å². The average molecular weight is 483 g/mol. The summed E-state index contributed by atoms with van der Waals surface area (Å²) in [5.41, 5.74) is 2.74. The molecule has 0 saturated carbocycles. The van der Waals surface area contributed by atoms with Crippen LogP contribution in [0.4, 0.5) is 0 Å². The monoisotopic (exact) mass is 482 g/mol. The smallest absolute Gasteiger partial charge is 0.253 e. The summed E-state index contributed by atoms with van der Waals surface area (Å²) < 4.78 is 26.2. The van der Waals surface area contributed by atoms with Gasteiger partial charge in [0, 0.05) is 14.1 Å². The van der Waals surface area contributed by atoms with E-state index in [2.05, 4.69) is 15.3 Å². The summed E-state index contributed by atoms with van der Waals surface area (Å²) >= 11 is 6.28. The highest BCUT2D eigenvalue weighted by molar-refractivity contribution is 7.89. The van der Waals surface area contributed by atoms with Crippen molar-refractivity contribution >= 4 is 38.6 Å². The first-order chi connectivity index (χ1) is 15.8. The molecule has 0 saturated heterocycles. The van der Waals surface area contributed by atoms with E-state index in [0.29, 0.717) is 12.2 Å². The number of carbonyl (C=O) groups is 1. The van der Waals surface area contributed by atoms with Crippen molar-refractivity contribution in [3.05, 3.63) is 94.8 Å². The number of halogens is 1. The van der Waals surface area contributed by atoms with E-state index in [1.807, 2.05) is 54.6 Å². The molecule has 1 heterocycles. The van der Waals surface area contributed by atoms with Crippen molar-refractivity contribution in [2.75, 3.05) is 14.1 Å². The molecular formula is C24H23ClN4O3S. The second-order valence-electron chi connectivity index (χ2n) is 7.78. The molecule has 0 bridgehead atoms. The Morgan fingerprint density at radius 2 is 1.76 bits per heavy atom. The maximum absolute atomic E-state index is 13.3. The molecule has 7 nitrogen and oxygen atoms in total. The Morgan fingerprint density at radius 1 is 1.06 bits per heavy atom. The molecule has 0 fully saturated rings. The summed E-state index contributed by atoms with van der Waals surface area (Å²) in [6.07, 6.45) is 0.486. The lowest BCUT2D eigenvalue weighted by Gasteiger charge is -2.18. The lowest BCUT2D eigenvalue weighted by molar-refractivity contribution is 0.0935. The molecule has 0 spiro atoms. The van der Waals surface area contributed by atoms with E-state index in [9.17, 15) is 13.2 Å². The number of fused-ring (bicyclic) bond motifs is 1. The van der Waals surface area contributed by atoms with Crippen LogP contribution in [0.1, 0.15) is 27.8 Å². The predicted molar refractivity (Wildman–Crippen MR) is 129 cm³/mol. The number of rotatable bonds is 7. The number of hydrogen-bond acceptors (Lipinski definition) is 4. The fraction of sp³-hybridized carbons (Fsp3) is 0.167. The van der Waals surface area contributed by atoms with E-state index in [0.717, 1.165) is 20.9 Å². The van der Waals surface area contributed by atoms with Gasteiger partial charge in [-0.25, -0.2) is 17.7 Å². The second kappa shape index (κ2) is 9.35. The van der Waals surface area contributed by atoms with Crippen LogP contribution in [0.25, 0.3) is 11.0 Å². The summed E-state index contributed by atoms with van der Waals surface area (Å²) in [4.78, 5) is 21.2. The van der Waals surface area contributed by atoms with E-state index in [-0.39, 0.29) is 15.5 Å². The summed E-state index contributed by atoms with van der Waals surface area (Å²) in [7, 11) is -0.857. The Labute approximate surface area is 197 Å². The maximum Gasteiger partial charge on any atom is 0.253 e. The van der Waals surface area contributed by atoms with E-state index in [1.54, 1.807) is 0 Å². The van der Waals surface area contributed by atoms with Crippen LogP contribution >= 0.6 is 11.6 Å². The number of amides is 1. The molecule has 0 aliphatic carbocycles. The first kappa shape index (κ1) is 23.0. The van der Waals surface area contributed by atoms with Crippen LogP contribution in [-0.2, 0) is 16.4 Å². The molecule has 9 heteroatoms. The Balaban J connectivity index is 1.69. The first-order valence-corrected chi connectivity index (χ1v) is 12.1. The minimum absolute atomic E-state index is 0.00889. The normalized spacial score (nSPS) is 12.7. The van der Waals surface area contributed by atoms with Crippen molar-refractivity contribution < 1.29 is 13.2 Å². The third-order valence-electron chi connectivity index (χ3n) is 5.29. The number of nitrogens with one attached hydrogen (secondary N) is 2. The van der Waals surface area contributed by atoms with Gasteiger partial charge in [0.15, 0.2) is 0 Å². The number of imidazole rings is 1. The van der Waals surface area contributed by atoms with Crippen LogP contribution in [0.15, 0.2) is 77.7 Å². The molecule has 4 rings (SSSR count). The fourth-order valence-corrected chi connectivity index (χ4v) is 4.62. The van der Waals surface area contributed by atoms with Crippen LogP contribution in [0, 0.1) is 0 Å². The molecule has 33 heavy (non-hydrogen) atoms. The molecule has 3 aromatic carbocycles. The molecule has 2 N–H and O–H groups in total. The molecule has 0 radical (unpaired) electrons. The number of aromatic amines is 1. The van der Waals surface area contributed by atoms with Crippen molar-refractivity contribution in [2.24, 2.45) is 0 Å². The molecule has 1 atom stereocenters. The Kier molecular flexibility index (Phi) is 6.51. The summed E-state index contributed by atoms with van der Waals surface area (Å²) in [5.74, 6) is 0.110. The van der Waals surface area contributed by atoms with Crippen molar-refractivity contribution in [1.29, 1.82) is 0 Å². The van der Waals surface area contributed by atoms with Gasteiger partial charge in [-0.2, -0.15) is 0 Å². The van der Waals surface area contributed by atoms with Crippen LogP contribution in [-0.4, -0.2) is 42.7 Å². The summed E-state index contributed by atoms with van der Waals surface area (Å²) in [6, 6.07) is 21.0. The molecule has 0 unspecified atom stereocenters. The number of para-hydroxylation sites is 2. The molecule has 1 aromatic heterocycles. The minimum Gasteiger partial charge on any atom is -0.342 e. The quantitative estimate of drug-likeness (QED) is 0.413. The highest BCUT2D eigenvalue weighted by Gasteiger charge is 2.24. The van der Waals surface area contributed by atoms with Gasteiger partial charge < -0.3 is 10.3 Å². The number of aromatic nitrogens is 2. The number of sulfonamides is 1. The van der Waals surface area contributed by atoms with Gasteiger partial charge in [0.05, 0.1) is 32.6 Å². The lowest BCUT2D eigenvalue weighted by atomic mass is 10.0. The zero-order chi connectivity index (χ0) is 23.6. The summed E-state index contributed by atoms with van der Waals surface area (Å²) in [6.45, 7) is 0. The standard InChI is InChI=1S/C24H23ClN4O3S/c1-29(2)33(31,32)17-12-13-19(25)18(15-17)24(30)28-22(14-16-8-4-3-5-9-16)23-26-20-10-6-7-11-21(20)27-23/h3-13,15,22H,14H2,1-2H3,(H,26,27)(H,28,30)/t22-/m0/s1. The Hall–Kier alpha value is -3.20. The summed E-state index contributed by atoms with van der Waals surface area (Å²) in [5, 5.41) is 3.14. The van der Waals surface area contributed by atoms with E-state index < -0.39 is 22.0 Å². The van der Waals surface area contributed by atoms with Crippen molar-refractivity contribution in [2.45, 2.75) is 17.4 Å². The topological polar surface area (TPSA) is 95.2 Å². The first-order valence-electron chi connectivity index (χ1n) is 10.3. The number of benzene rings is 3. The van der Waals surface area contributed by atoms with Gasteiger partial charge in [0.25, 0.3) is 5.91 Å². The molecule has 1 amide bonds. The van der Waals surface area contributed by atoms with E-state index >= 15 is 0 Å². The van der Waals surface area contributed by atoms with Crippen molar-refractivity contribution in [1.82, 2.24) is 19.6 Å². The number of nitrogens with zero attached hydrogens (tertiary/aromatic N) is 2.